The molecule has 0 aliphatic heterocycles. The van der Waals surface area contributed by atoms with Gasteiger partial charge in [-0.2, -0.15) is 0 Å². The third-order valence-corrected chi connectivity index (χ3v) is 6.72. The minimum atomic E-state index is -0.559. The molecule has 3 aromatic rings. The average Bonchev–Trinajstić information content (AvgIpc) is 3.28. The normalized spacial score (nSPS) is 24.6. The van der Waals surface area contributed by atoms with Gasteiger partial charge in [0.2, 0.25) is 11.8 Å². The van der Waals surface area contributed by atoms with E-state index in [1.807, 2.05) is 6.92 Å². The molecule has 5 atom stereocenters. The highest BCUT2D eigenvalue weighted by atomic mass is 19.1. The van der Waals surface area contributed by atoms with Crippen LogP contribution < -0.4 is 15.8 Å². The summed E-state index contributed by atoms with van der Waals surface area (Å²) in [5.41, 5.74) is 6.21. The van der Waals surface area contributed by atoms with Crippen molar-refractivity contribution >= 4 is 28.5 Å². The Morgan fingerprint density at radius 1 is 1.16 bits per heavy atom. The van der Waals surface area contributed by atoms with Crippen molar-refractivity contribution in [1.82, 2.24) is 9.97 Å². The van der Waals surface area contributed by atoms with E-state index in [0.29, 0.717) is 45.8 Å². The van der Waals surface area contributed by atoms with Crippen LogP contribution in [0.1, 0.15) is 30.1 Å². The molecule has 3 N–H and O–H groups in total. The van der Waals surface area contributed by atoms with Crippen LogP contribution in [-0.4, -0.2) is 27.9 Å². The zero-order valence-corrected chi connectivity index (χ0v) is 17.5. The van der Waals surface area contributed by atoms with Gasteiger partial charge < -0.3 is 15.8 Å². The topological polar surface area (TPSA) is 107 Å². The molecule has 5 rings (SSSR count). The first-order chi connectivity index (χ1) is 15.4. The van der Waals surface area contributed by atoms with Gasteiger partial charge in [0.1, 0.15) is 17.4 Å². The van der Waals surface area contributed by atoms with E-state index in [0.717, 1.165) is 12.8 Å². The molecule has 164 valence electrons. The van der Waals surface area contributed by atoms with Crippen molar-refractivity contribution in [2.75, 3.05) is 5.32 Å². The summed E-state index contributed by atoms with van der Waals surface area (Å²) >= 11 is 0. The number of nitrogens with two attached hydrogens (primary N) is 1. The van der Waals surface area contributed by atoms with Gasteiger partial charge in [0.05, 0.1) is 17.2 Å². The molecule has 2 saturated carbocycles. The number of carbonyl (C=O) groups excluding carboxylic acids is 2. The number of fused-ring (bicyclic) bond motifs is 2. The number of primary amides is 1. The molecule has 2 aliphatic rings. The van der Waals surface area contributed by atoms with E-state index < -0.39 is 5.91 Å². The van der Waals surface area contributed by atoms with Gasteiger partial charge in [-0.25, -0.2) is 9.37 Å². The molecule has 7 nitrogen and oxygen atoms in total. The Morgan fingerprint density at radius 2 is 1.94 bits per heavy atom. The Hall–Kier alpha value is -3.55. The quantitative estimate of drug-likeness (QED) is 0.617. The van der Waals surface area contributed by atoms with Crippen molar-refractivity contribution in [3.8, 4) is 5.75 Å². The fourth-order valence-corrected chi connectivity index (χ4v) is 5.08. The smallest absolute Gasteiger partial charge is 0.250 e. The maximum atomic E-state index is 13.7. The molecule has 2 aliphatic carbocycles. The Bertz CT molecular complexity index is 1190. The first-order valence-electron chi connectivity index (χ1n) is 10.7. The summed E-state index contributed by atoms with van der Waals surface area (Å²) in [6.07, 6.45) is 4.82. The Balaban J connectivity index is 1.18. The second kappa shape index (κ2) is 7.85. The molecule has 0 bridgehead atoms. The molecule has 2 heterocycles. The maximum absolute atomic E-state index is 13.7. The molecule has 0 spiro atoms. The van der Waals surface area contributed by atoms with Gasteiger partial charge in [0.15, 0.2) is 0 Å². The molecule has 2 amide bonds. The number of ether oxygens (including phenoxy) is 1. The summed E-state index contributed by atoms with van der Waals surface area (Å²) in [5, 5.41) is 3.49. The Labute approximate surface area is 184 Å². The second-order valence-electron chi connectivity index (χ2n) is 8.66. The molecule has 8 heteroatoms. The lowest BCUT2D eigenvalue weighted by Crippen LogP contribution is -2.26. The summed E-state index contributed by atoms with van der Waals surface area (Å²) in [4.78, 5) is 32.2. The summed E-state index contributed by atoms with van der Waals surface area (Å²) in [6, 6.07) is 9.38. The van der Waals surface area contributed by atoms with Crippen molar-refractivity contribution in [1.29, 1.82) is 0 Å². The van der Waals surface area contributed by atoms with Gasteiger partial charge in [-0.1, -0.05) is 6.92 Å². The fraction of sp³-hybridized carbons (Fsp3) is 0.333. The van der Waals surface area contributed by atoms with Crippen molar-refractivity contribution in [3.63, 3.8) is 0 Å². The van der Waals surface area contributed by atoms with Crippen LogP contribution in [-0.2, 0) is 4.79 Å². The van der Waals surface area contributed by atoms with Gasteiger partial charge in [0.25, 0.3) is 0 Å². The standard InChI is InChI=1S/C24H23FN4O3/c1-12(24(31)29-21-5-2-13(11-28-21)23(26)30)22-16-9-15(10-17(16)22)32-20-6-7-27-19-4-3-14(25)8-18(19)20/h2-8,11-12,15-17,22H,9-10H2,1H3,(H2,26,30)(H,28,29,31)/t12?,15-,16-,17+,22+. The number of anilines is 1. The third kappa shape index (κ3) is 3.77. The highest BCUT2D eigenvalue weighted by molar-refractivity contribution is 5.94. The second-order valence-corrected chi connectivity index (χ2v) is 8.66. The first kappa shape index (κ1) is 20.4. The van der Waals surface area contributed by atoms with Crippen LogP contribution in [0.3, 0.4) is 0 Å². The zero-order valence-electron chi connectivity index (χ0n) is 17.5. The Morgan fingerprint density at radius 3 is 2.62 bits per heavy atom. The SMILES string of the molecule is CC(C(=O)Nc1ccc(C(N)=O)cn1)[C@H]1[C@@H]2C[C@@H](Oc3ccnc4ccc(F)cc34)C[C@@H]21. The van der Waals surface area contributed by atoms with Crippen molar-refractivity contribution in [2.45, 2.75) is 25.9 Å². The van der Waals surface area contributed by atoms with Crippen molar-refractivity contribution in [2.24, 2.45) is 29.4 Å². The largest absolute Gasteiger partial charge is 0.490 e. The molecule has 0 saturated heterocycles. The number of benzene rings is 1. The van der Waals surface area contributed by atoms with E-state index in [-0.39, 0.29) is 23.7 Å². The number of halogens is 1. The third-order valence-electron chi connectivity index (χ3n) is 6.72. The molecule has 2 aromatic heterocycles. The number of nitrogens with zero attached hydrogens (tertiary/aromatic N) is 2. The number of aromatic nitrogens is 2. The van der Waals surface area contributed by atoms with Gasteiger partial charge in [-0.15, -0.1) is 0 Å². The number of hydrogen-bond acceptors (Lipinski definition) is 5. The van der Waals surface area contributed by atoms with Crippen LogP contribution in [0, 0.1) is 29.5 Å². The van der Waals surface area contributed by atoms with Gasteiger partial charge in [-0.05, 0) is 67.0 Å². The van der Waals surface area contributed by atoms with Gasteiger partial charge in [-0.3, -0.25) is 14.6 Å². The highest BCUT2D eigenvalue weighted by Crippen LogP contribution is 2.61. The molecular formula is C24H23FN4O3. The van der Waals surface area contributed by atoms with Crippen LogP contribution in [0.5, 0.6) is 5.75 Å². The number of hydrogen-bond donors (Lipinski definition) is 2. The van der Waals surface area contributed by atoms with Crippen molar-refractivity contribution in [3.05, 3.63) is 60.2 Å². The van der Waals surface area contributed by atoms with E-state index in [2.05, 4.69) is 15.3 Å². The van der Waals surface area contributed by atoms with Crippen LogP contribution in [0.25, 0.3) is 10.9 Å². The van der Waals surface area contributed by atoms with Crippen LogP contribution in [0.2, 0.25) is 0 Å². The van der Waals surface area contributed by atoms with Gasteiger partial charge in [0, 0.05) is 23.7 Å². The number of pyridine rings is 2. The predicted molar refractivity (Wildman–Crippen MR) is 116 cm³/mol. The fourth-order valence-electron chi connectivity index (χ4n) is 5.08. The van der Waals surface area contributed by atoms with E-state index >= 15 is 0 Å². The first-order valence-corrected chi connectivity index (χ1v) is 10.7. The molecule has 0 radical (unpaired) electrons. The highest BCUT2D eigenvalue weighted by Gasteiger charge is 2.59. The average molecular weight is 434 g/mol. The lowest BCUT2D eigenvalue weighted by atomic mass is 9.97. The molecule has 1 unspecified atom stereocenters. The van der Waals surface area contributed by atoms with E-state index in [9.17, 15) is 14.0 Å². The predicted octanol–water partition coefficient (Wildman–Crippen LogP) is 3.55. The van der Waals surface area contributed by atoms with Gasteiger partial charge >= 0.3 is 0 Å². The minimum absolute atomic E-state index is 0.0494. The van der Waals surface area contributed by atoms with Crippen LogP contribution >= 0.6 is 0 Å². The van der Waals surface area contributed by atoms with E-state index in [4.69, 9.17) is 10.5 Å². The maximum Gasteiger partial charge on any atom is 0.250 e. The minimum Gasteiger partial charge on any atom is -0.490 e. The zero-order chi connectivity index (χ0) is 22.4. The van der Waals surface area contributed by atoms with Crippen LogP contribution in [0.15, 0.2) is 48.8 Å². The number of nitrogens with one attached hydrogen (secondary N) is 1. The lowest BCUT2D eigenvalue weighted by Gasteiger charge is -2.20. The monoisotopic (exact) mass is 434 g/mol. The van der Waals surface area contributed by atoms with E-state index in [1.165, 1.54) is 24.4 Å². The summed E-state index contributed by atoms with van der Waals surface area (Å²) < 4.78 is 19.9. The number of carbonyl (C=O) groups is 2. The molecule has 1 aromatic carbocycles. The summed E-state index contributed by atoms with van der Waals surface area (Å²) in [5.74, 6) is 1.12. The lowest BCUT2D eigenvalue weighted by molar-refractivity contribution is -0.120. The van der Waals surface area contributed by atoms with Crippen molar-refractivity contribution < 1.29 is 18.7 Å². The number of rotatable bonds is 6. The summed E-state index contributed by atoms with van der Waals surface area (Å²) in [7, 11) is 0. The van der Waals surface area contributed by atoms with Crippen LogP contribution in [0.4, 0.5) is 10.2 Å². The number of amides is 2. The summed E-state index contributed by atoms with van der Waals surface area (Å²) in [6.45, 7) is 1.94. The molecule has 32 heavy (non-hydrogen) atoms. The Kier molecular flexibility index (Phi) is 5.00. The molecular weight excluding hydrogens is 411 g/mol. The molecule has 2 fully saturated rings. The van der Waals surface area contributed by atoms with E-state index in [1.54, 1.807) is 24.4 Å².